The van der Waals surface area contributed by atoms with Gasteiger partial charge in [0.25, 0.3) is 0 Å². The van der Waals surface area contributed by atoms with E-state index in [1.807, 2.05) is 69.2 Å². The summed E-state index contributed by atoms with van der Waals surface area (Å²) in [4.78, 5) is 8.34. The van der Waals surface area contributed by atoms with E-state index in [9.17, 15) is 0 Å². The largest absolute Gasteiger partial charge is 0.378 e. The zero-order chi connectivity index (χ0) is 17.5. The first-order valence-corrected chi connectivity index (χ1v) is 8.47. The second-order valence-electron chi connectivity index (χ2n) is 6.16. The standard InChI is InChI=1S/C19H24N6/c1-23(2)18-9-7-17(8-10-18)21-22-19-6-3-4-13-25(19)14-5-12-24-15-11-20-16-24/h3-4,6-11,13,15-16,19H,5,12,14H2,1-2H3. The number of benzene rings is 1. The minimum Gasteiger partial charge on any atom is -0.378 e. The Morgan fingerprint density at radius 3 is 2.68 bits per heavy atom. The second-order valence-corrected chi connectivity index (χ2v) is 6.16. The van der Waals surface area contributed by atoms with Gasteiger partial charge in [-0.1, -0.05) is 6.08 Å². The topological polar surface area (TPSA) is 49.0 Å². The van der Waals surface area contributed by atoms with Crippen molar-refractivity contribution >= 4 is 11.4 Å². The molecule has 0 radical (unpaired) electrons. The first-order chi connectivity index (χ1) is 12.2. The van der Waals surface area contributed by atoms with Crippen LogP contribution in [-0.4, -0.2) is 41.3 Å². The third kappa shape index (κ3) is 4.79. The van der Waals surface area contributed by atoms with Crippen LogP contribution in [0.5, 0.6) is 0 Å². The lowest BCUT2D eigenvalue weighted by molar-refractivity contribution is 0.304. The molecule has 0 N–H and O–H groups in total. The van der Waals surface area contributed by atoms with E-state index in [-0.39, 0.29) is 6.17 Å². The minimum atomic E-state index is -0.0543. The van der Waals surface area contributed by atoms with E-state index in [0.717, 1.165) is 30.9 Å². The van der Waals surface area contributed by atoms with Crippen molar-refractivity contribution in [3.8, 4) is 0 Å². The van der Waals surface area contributed by atoms with E-state index < -0.39 is 0 Å². The lowest BCUT2D eigenvalue weighted by atomic mass is 10.2. The lowest BCUT2D eigenvalue weighted by Gasteiger charge is -2.26. The number of azo groups is 1. The van der Waals surface area contributed by atoms with Crippen molar-refractivity contribution in [1.29, 1.82) is 0 Å². The Balaban J connectivity index is 1.57. The van der Waals surface area contributed by atoms with Crippen molar-refractivity contribution in [1.82, 2.24) is 14.5 Å². The van der Waals surface area contributed by atoms with Gasteiger partial charge in [-0.3, -0.25) is 0 Å². The second kappa shape index (κ2) is 8.28. The van der Waals surface area contributed by atoms with Crippen molar-refractivity contribution in [2.24, 2.45) is 10.2 Å². The predicted molar refractivity (Wildman–Crippen MR) is 101 cm³/mol. The number of imidazole rings is 1. The fraction of sp³-hybridized carbons (Fsp3) is 0.316. The quantitative estimate of drug-likeness (QED) is 0.722. The molecule has 0 bridgehead atoms. The lowest BCUT2D eigenvalue weighted by Crippen LogP contribution is -2.30. The summed E-state index contributed by atoms with van der Waals surface area (Å²) in [5.74, 6) is 0. The minimum absolute atomic E-state index is 0.0543. The maximum absolute atomic E-state index is 4.51. The Kier molecular flexibility index (Phi) is 5.61. The zero-order valence-corrected chi connectivity index (χ0v) is 14.7. The van der Waals surface area contributed by atoms with Gasteiger partial charge < -0.3 is 14.4 Å². The molecule has 130 valence electrons. The van der Waals surface area contributed by atoms with Crippen LogP contribution in [-0.2, 0) is 6.54 Å². The van der Waals surface area contributed by atoms with Crippen LogP contribution in [0.25, 0.3) is 0 Å². The predicted octanol–water partition coefficient (Wildman–Crippen LogP) is 3.83. The van der Waals surface area contributed by atoms with Gasteiger partial charge in [0.1, 0.15) is 0 Å². The van der Waals surface area contributed by atoms with Gasteiger partial charge in [-0.2, -0.15) is 10.2 Å². The molecule has 0 aliphatic carbocycles. The molecule has 2 aromatic rings. The normalized spacial score (nSPS) is 16.7. The molecule has 0 saturated carbocycles. The Morgan fingerprint density at radius 2 is 1.96 bits per heavy atom. The third-order valence-corrected chi connectivity index (χ3v) is 4.06. The van der Waals surface area contributed by atoms with Crippen LogP contribution in [0, 0.1) is 0 Å². The zero-order valence-electron chi connectivity index (χ0n) is 14.7. The molecule has 0 spiro atoms. The molecule has 6 heteroatoms. The molecule has 1 atom stereocenters. The summed E-state index contributed by atoms with van der Waals surface area (Å²) >= 11 is 0. The van der Waals surface area contributed by atoms with E-state index in [1.54, 1.807) is 0 Å². The molecular weight excluding hydrogens is 312 g/mol. The highest BCUT2D eigenvalue weighted by atomic mass is 15.3. The number of allylic oxidation sites excluding steroid dienone is 2. The Bertz CT molecular complexity index is 728. The summed E-state index contributed by atoms with van der Waals surface area (Å²) in [5.41, 5.74) is 2.02. The van der Waals surface area contributed by atoms with Crippen molar-refractivity contribution in [3.05, 3.63) is 67.4 Å². The summed E-state index contributed by atoms with van der Waals surface area (Å²) < 4.78 is 2.09. The van der Waals surface area contributed by atoms with Crippen LogP contribution in [0.4, 0.5) is 11.4 Å². The van der Waals surface area contributed by atoms with Gasteiger partial charge in [-0.15, -0.1) is 0 Å². The molecule has 1 unspecified atom stereocenters. The number of aryl methyl sites for hydroxylation is 1. The van der Waals surface area contributed by atoms with Crippen LogP contribution < -0.4 is 4.90 Å². The van der Waals surface area contributed by atoms with Crippen molar-refractivity contribution in [2.45, 2.75) is 19.1 Å². The van der Waals surface area contributed by atoms with Gasteiger partial charge in [0.05, 0.1) is 12.0 Å². The molecule has 0 fully saturated rings. The van der Waals surface area contributed by atoms with E-state index in [1.165, 1.54) is 0 Å². The SMILES string of the molecule is CN(C)c1ccc(N=NC2C=CC=CN2CCCn2ccnc2)cc1. The molecule has 3 rings (SSSR count). The molecule has 25 heavy (non-hydrogen) atoms. The van der Waals surface area contributed by atoms with Crippen LogP contribution in [0.3, 0.4) is 0 Å². The Labute approximate surface area is 148 Å². The molecule has 1 aliphatic heterocycles. The third-order valence-electron chi connectivity index (χ3n) is 4.06. The van der Waals surface area contributed by atoms with Gasteiger partial charge >= 0.3 is 0 Å². The number of hydrogen-bond acceptors (Lipinski definition) is 5. The first kappa shape index (κ1) is 17.0. The van der Waals surface area contributed by atoms with Crippen LogP contribution in [0.1, 0.15) is 6.42 Å². The molecular formula is C19H24N6. The molecule has 0 amide bonds. The van der Waals surface area contributed by atoms with E-state index >= 15 is 0 Å². The number of rotatable bonds is 7. The molecule has 1 aliphatic rings. The first-order valence-electron chi connectivity index (χ1n) is 8.47. The summed E-state index contributed by atoms with van der Waals surface area (Å²) in [5, 5.41) is 8.91. The molecule has 0 saturated heterocycles. The van der Waals surface area contributed by atoms with Crippen molar-refractivity contribution in [3.63, 3.8) is 0 Å². The molecule has 1 aromatic carbocycles. The highest BCUT2D eigenvalue weighted by Crippen LogP contribution is 2.20. The summed E-state index contributed by atoms with van der Waals surface area (Å²) in [6.07, 6.45) is 14.8. The van der Waals surface area contributed by atoms with Gasteiger partial charge in [0, 0.05) is 51.5 Å². The van der Waals surface area contributed by atoms with Crippen molar-refractivity contribution < 1.29 is 0 Å². The average Bonchev–Trinajstić information content (AvgIpc) is 3.15. The summed E-state index contributed by atoms with van der Waals surface area (Å²) in [7, 11) is 4.05. The maximum atomic E-state index is 4.51. The summed E-state index contributed by atoms with van der Waals surface area (Å²) in [6, 6.07) is 8.08. The van der Waals surface area contributed by atoms with E-state index in [4.69, 9.17) is 0 Å². The van der Waals surface area contributed by atoms with E-state index in [0.29, 0.717) is 0 Å². The maximum Gasteiger partial charge on any atom is 0.161 e. The van der Waals surface area contributed by atoms with Crippen molar-refractivity contribution in [2.75, 3.05) is 25.5 Å². The van der Waals surface area contributed by atoms with Gasteiger partial charge in [0.2, 0.25) is 0 Å². The number of aromatic nitrogens is 2. The summed E-state index contributed by atoms with van der Waals surface area (Å²) in [6.45, 7) is 1.87. The van der Waals surface area contributed by atoms with Gasteiger partial charge in [-0.25, -0.2) is 4.98 Å². The highest BCUT2D eigenvalue weighted by Gasteiger charge is 2.13. The monoisotopic (exact) mass is 336 g/mol. The number of anilines is 1. The number of nitrogens with zero attached hydrogens (tertiary/aromatic N) is 6. The highest BCUT2D eigenvalue weighted by molar-refractivity contribution is 5.51. The van der Waals surface area contributed by atoms with Gasteiger partial charge in [0.15, 0.2) is 6.17 Å². The molecule has 2 heterocycles. The molecule has 1 aromatic heterocycles. The fourth-order valence-electron chi connectivity index (χ4n) is 2.63. The van der Waals surface area contributed by atoms with Crippen LogP contribution in [0.15, 0.2) is 77.6 Å². The average molecular weight is 336 g/mol. The fourth-order valence-corrected chi connectivity index (χ4v) is 2.63. The van der Waals surface area contributed by atoms with Crippen LogP contribution >= 0.6 is 0 Å². The van der Waals surface area contributed by atoms with Gasteiger partial charge in [-0.05, 0) is 42.8 Å². The molecule has 6 nitrogen and oxygen atoms in total. The Morgan fingerprint density at radius 1 is 1.12 bits per heavy atom. The smallest absolute Gasteiger partial charge is 0.161 e. The Hall–Kier alpha value is -2.89. The number of hydrogen-bond donors (Lipinski definition) is 0. The van der Waals surface area contributed by atoms with E-state index in [2.05, 4.69) is 41.9 Å². The van der Waals surface area contributed by atoms with Crippen LogP contribution in [0.2, 0.25) is 0 Å².